The molecule has 0 amide bonds. The van der Waals surface area contributed by atoms with Crippen LogP contribution in [0.1, 0.15) is 128 Å². The van der Waals surface area contributed by atoms with Crippen LogP contribution >= 0.6 is 11.6 Å². The van der Waals surface area contributed by atoms with Crippen LogP contribution in [0.2, 0.25) is 5.02 Å². The van der Waals surface area contributed by atoms with Gasteiger partial charge < -0.3 is 15.3 Å². The highest BCUT2D eigenvalue weighted by Gasteiger charge is 2.35. The number of benzene rings is 6. The van der Waals surface area contributed by atoms with E-state index in [0.29, 0.717) is 50.3 Å². The largest absolute Gasteiger partial charge is 0.478 e. The van der Waals surface area contributed by atoms with Gasteiger partial charge in [0, 0.05) is 47.8 Å². The summed E-state index contributed by atoms with van der Waals surface area (Å²) in [6, 6.07) is 39.1. The minimum absolute atomic E-state index is 0.0192. The number of nitrogens with zero attached hydrogens (tertiary/aromatic N) is 4. The molecule has 2 saturated carbocycles. The normalized spacial score (nSPS) is 13.4. The van der Waals surface area contributed by atoms with Crippen molar-refractivity contribution in [1.82, 2.24) is 15.0 Å². The molecule has 2 fully saturated rings. The number of pyridine rings is 3. The van der Waals surface area contributed by atoms with Crippen molar-refractivity contribution in [2.24, 2.45) is 0 Å². The average molecular weight is 1430 g/mol. The Balaban J connectivity index is 0.000000171. The summed E-state index contributed by atoms with van der Waals surface area (Å²) in [4.78, 5) is 46.2. The van der Waals surface area contributed by atoms with Crippen LogP contribution in [0.5, 0.6) is 0 Å². The molecule has 0 aliphatic heterocycles. The van der Waals surface area contributed by atoms with Crippen LogP contribution in [-0.4, -0.2) is 103 Å². The Morgan fingerprint density at radius 1 is 0.485 bits per heavy atom. The minimum atomic E-state index is -4.12. The van der Waals surface area contributed by atoms with Gasteiger partial charge in [-0.05, 0) is 186 Å². The Morgan fingerprint density at radius 2 is 0.866 bits per heavy atom. The molecule has 502 valence electrons. The van der Waals surface area contributed by atoms with Gasteiger partial charge in [0.05, 0.1) is 87.3 Å². The van der Waals surface area contributed by atoms with Gasteiger partial charge in [0.15, 0.2) is 49.2 Å². The number of hydrogen-bond acceptors (Lipinski definition) is 17. The van der Waals surface area contributed by atoms with Crippen LogP contribution in [0.3, 0.4) is 0 Å². The first-order valence-corrected chi connectivity index (χ1v) is 38.7. The van der Waals surface area contributed by atoms with Gasteiger partial charge >= 0.3 is 17.9 Å². The number of nitriles is 1. The number of carboxylic acid groups (broad SMARTS) is 3. The third kappa shape index (κ3) is 17.3. The first-order valence-electron chi connectivity index (χ1n) is 29.6. The molecule has 97 heavy (non-hydrogen) atoms. The third-order valence-corrected chi connectivity index (χ3v) is 23.6. The van der Waals surface area contributed by atoms with Gasteiger partial charge in [-0.3, -0.25) is 15.0 Å². The van der Waals surface area contributed by atoms with Gasteiger partial charge in [-0.2, -0.15) is 5.26 Å². The monoisotopic (exact) mass is 1430 g/mol. The molecule has 0 spiro atoms. The van der Waals surface area contributed by atoms with E-state index in [1.165, 1.54) is 60.9 Å². The molecule has 0 atom stereocenters. The second kappa shape index (κ2) is 28.4. The Kier molecular flexibility index (Phi) is 21.0. The van der Waals surface area contributed by atoms with E-state index in [0.717, 1.165) is 56.4 Å². The van der Waals surface area contributed by atoms with Crippen LogP contribution in [0.15, 0.2) is 195 Å². The Morgan fingerprint density at radius 3 is 1.25 bits per heavy atom. The van der Waals surface area contributed by atoms with E-state index in [9.17, 15) is 81.4 Å². The van der Waals surface area contributed by atoms with Gasteiger partial charge in [-0.1, -0.05) is 74.8 Å². The molecule has 0 bridgehead atoms. The number of aromatic nitrogens is 3. The zero-order chi connectivity index (χ0) is 70.7. The van der Waals surface area contributed by atoms with Crippen molar-refractivity contribution >= 4 is 78.7 Å². The molecule has 3 aromatic heterocycles. The second-order valence-electron chi connectivity index (χ2n) is 24.3. The van der Waals surface area contributed by atoms with Gasteiger partial charge in [0.25, 0.3) is 0 Å². The molecular formula is C70H62ClFN4O16S5. The van der Waals surface area contributed by atoms with Gasteiger partial charge in [0.1, 0.15) is 10.7 Å². The summed E-state index contributed by atoms with van der Waals surface area (Å²) >= 11 is 6.23. The summed E-state index contributed by atoms with van der Waals surface area (Å²) in [5.41, 5.74) is 4.21. The minimum Gasteiger partial charge on any atom is -0.478 e. The fraction of sp³-hybridized carbons (Fsp3) is 0.214. The van der Waals surface area contributed by atoms with Crippen LogP contribution in [0.25, 0.3) is 33.8 Å². The predicted molar refractivity (Wildman–Crippen MR) is 360 cm³/mol. The van der Waals surface area contributed by atoms with Crippen LogP contribution in [0, 0.1) is 17.1 Å². The van der Waals surface area contributed by atoms with E-state index in [-0.39, 0.29) is 81.3 Å². The number of carbonyl (C=O) groups is 3. The molecule has 0 radical (unpaired) electrons. The fourth-order valence-corrected chi connectivity index (χ4v) is 18.1. The summed E-state index contributed by atoms with van der Waals surface area (Å²) in [5.74, 6) is -6.19. The van der Waals surface area contributed by atoms with Gasteiger partial charge in [-0.15, -0.1) is 0 Å². The number of halogens is 2. The summed E-state index contributed by atoms with van der Waals surface area (Å²) in [6.07, 6.45) is 9.68. The fourth-order valence-electron chi connectivity index (χ4n) is 10.8. The van der Waals surface area contributed by atoms with Crippen molar-refractivity contribution in [2.75, 3.05) is 12.5 Å². The van der Waals surface area contributed by atoms with Crippen LogP contribution in [0.4, 0.5) is 4.39 Å². The van der Waals surface area contributed by atoms with Crippen molar-refractivity contribution in [3.8, 4) is 39.8 Å². The smallest absolute Gasteiger partial charge is 0.335 e. The highest BCUT2D eigenvalue weighted by molar-refractivity contribution is 7.92. The lowest BCUT2D eigenvalue weighted by molar-refractivity contribution is 0.0685. The maximum atomic E-state index is 14.7. The van der Waals surface area contributed by atoms with Crippen molar-refractivity contribution in [2.45, 2.75) is 105 Å². The molecule has 9 aromatic rings. The topological polar surface area (TPSA) is 345 Å². The molecule has 0 saturated heterocycles. The van der Waals surface area contributed by atoms with Crippen molar-refractivity contribution < 1.29 is 76.2 Å². The lowest BCUT2D eigenvalue weighted by Gasteiger charge is -2.23. The Hall–Kier alpha value is -9.36. The predicted octanol–water partition coefficient (Wildman–Crippen LogP) is 12.8. The van der Waals surface area contributed by atoms with E-state index < -0.39 is 94.7 Å². The molecule has 11 rings (SSSR count). The molecule has 2 aliphatic carbocycles. The summed E-state index contributed by atoms with van der Waals surface area (Å²) in [5, 5.41) is 37.4. The van der Waals surface area contributed by atoms with E-state index in [4.69, 9.17) is 11.6 Å². The van der Waals surface area contributed by atoms with Crippen LogP contribution < -0.4 is 0 Å². The average Bonchev–Trinajstić information content (AvgIpc) is 1.76. The maximum Gasteiger partial charge on any atom is 0.335 e. The molecule has 20 nitrogen and oxygen atoms in total. The standard InChI is InChI=1S/C24H22N2O4S.C23H20ClNO6S2.C23H20FNO6S2/c1-24(2,3)20-10-8-17(23(27)28)13-22(20)31(29,30)15-18-12-16(14-25)7-9-19(18)21-6-4-5-11-26-21;2*1-32(28,29)22-11-16(18(12-19(22)24)20-4-2-3-9-25-20)13-33(30,31)21-10-15(23(26)27)7-8-17(21)14-5-6-14/h4-13H,15H2,1-3H3,(H,27,28);2*2-4,7-12,14H,5-6,13H2,1H3,(H,26,27). The number of carboxylic acids is 3. The zero-order valence-electron chi connectivity index (χ0n) is 52.5. The first-order chi connectivity index (χ1) is 45.5. The second-order valence-corrected chi connectivity index (χ2v) is 34.5. The molecule has 27 heteroatoms. The number of hydrogen-bond donors (Lipinski definition) is 3. The molecule has 6 aromatic carbocycles. The Bertz CT molecular complexity index is 5030. The summed E-state index contributed by atoms with van der Waals surface area (Å²) in [7, 11) is -19.8. The molecule has 2 aliphatic rings. The molecular weight excluding hydrogens is 1370 g/mol. The molecule has 3 heterocycles. The van der Waals surface area contributed by atoms with E-state index in [2.05, 4.69) is 15.0 Å². The maximum absolute atomic E-state index is 14.7. The van der Waals surface area contributed by atoms with Crippen molar-refractivity contribution in [3.05, 3.63) is 237 Å². The zero-order valence-corrected chi connectivity index (χ0v) is 57.3. The lowest BCUT2D eigenvalue weighted by Crippen LogP contribution is -2.19. The highest BCUT2D eigenvalue weighted by Crippen LogP contribution is 2.46. The summed E-state index contributed by atoms with van der Waals surface area (Å²) < 4.78 is 145. The third-order valence-electron chi connectivity index (χ3n) is 15.8. The quantitative estimate of drug-likeness (QED) is 0.0677. The van der Waals surface area contributed by atoms with Crippen molar-refractivity contribution in [3.63, 3.8) is 0 Å². The number of aromatic carboxylic acids is 3. The Labute approximate surface area is 565 Å². The number of sulfone groups is 5. The van der Waals surface area contributed by atoms with E-state index >= 15 is 0 Å². The van der Waals surface area contributed by atoms with Gasteiger partial charge in [-0.25, -0.2) is 60.9 Å². The van der Waals surface area contributed by atoms with E-state index in [1.54, 1.807) is 91.1 Å². The highest BCUT2D eigenvalue weighted by atomic mass is 35.5. The first kappa shape index (κ1) is 71.9. The summed E-state index contributed by atoms with van der Waals surface area (Å²) in [6.45, 7) is 5.62. The van der Waals surface area contributed by atoms with Crippen molar-refractivity contribution in [1.29, 1.82) is 5.26 Å². The SMILES string of the molecule is CC(C)(C)c1ccc(C(=O)O)cc1S(=O)(=O)Cc1cc(C#N)ccc1-c1ccccn1.CS(=O)(=O)c1cc(CS(=O)(=O)c2cc(C(=O)O)ccc2C2CC2)c(-c2ccccn2)cc1Cl.CS(=O)(=O)c1cc(CS(=O)(=O)c2cc(C(=O)O)ccc2C2CC2)c(-c2ccccn2)cc1F. The van der Waals surface area contributed by atoms with Gasteiger partial charge in [0.2, 0.25) is 0 Å². The van der Waals surface area contributed by atoms with E-state index in [1.807, 2.05) is 26.8 Å². The molecule has 3 N–H and O–H groups in total. The molecule has 0 unspecified atom stereocenters. The number of rotatable bonds is 19. The lowest BCUT2D eigenvalue weighted by atomic mass is 9.86. The van der Waals surface area contributed by atoms with Crippen LogP contribution in [-0.2, 0) is 71.9 Å².